The van der Waals surface area contributed by atoms with Crippen molar-refractivity contribution in [3.05, 3.63) is 29.8 Å². The van der Waals surface area contributed by atoms with Crippen LogP contribution in [0.3, 0.4) is 0 Å². The van der Waals surface area contributed by atoms with Gasteiger partial charge in [-0.2, -0.15) is 0 Å². The Hall–Kier alpha value is -1.06. The van der Waals surface area contributed by atoms with Gasteiger partial charge in [-0.05, 0) is 6.07 Å². The smallest absolute Gasteiger partial charge is 0.217 e. The van der Waals surface area contributed by atoms with Gasteiger partial charge in [-0.3, -0.25) is 0 Å². The van der Waals surface area contributed by atoms with Crippen molar-refractivity contribution in [1.82, 2.24) is 0 Å². The van der Waals surface area contributed by atoms with E-state index in [1.54, 1.807) is 6.07 Å². The minimum absolute atomic E-state index is 0.397. The van der Waals surface area contributed by atoms with Crippen LogP contribution >= 0.6 is 0 Å². The zero-order valence-electron chi connectivity index (χ0n) is 5.90. The summed E-state index contributed by atoms with van der Waals surface area (Å²) >= 11 is 0. The Balaban J connectivity index is 2.47. The van der Waals surface area contributed by atoms with Crippen LogP contribution < -0.4 is 10.5 Å². The van der Waals surface area contributed by atoms with Gasteiger partial charge in [0.2, 0.25) is 6.29 Å². The molecule has 0 aliphatic carbocycles. The number of aliphatic hydroxyl groups is 1. The van der Waals surface area contributed by atoms with Crippen molar-refractivity contribution in [3.8, 4) is 5.75 Å². The van der Waals surface area contributed by atoms with E-state index in [-0.39, 0.29) is 0 Å². The highest BCUT2D eigenvalue weighted by atomic mass is 16.6. The van der Waals surface area contributed by atoms with Crippen molar-refractivity contribution in [1.29, 1.82) is 0 Å². The maximum absolute atomic E-state index is 9.17. The number of para-hydroxylation sites is 1. The Morgan fingerprint density at radius 1 is 1.36 bits per heavy atom. The molecule has 3 heteroatoms. The molecule has 0 amide bonds. The van der Waals surface area contributed by atoms with E-state index in [1.165, 1.54) is 0 Å². The maximum atomic E-state index is 9.17. The van der Waals surface area contributed by atoms with E-state index in [4.69, 9.17) is 10.5 Å². The molecule has 2 atom stereocenters. The number of fused-ring (bicyclic) bond motifs is 1. The average Bonchev–Trinajstić information content (AvgIpc) is 2.30. The van der Waals surface area contributed by atoms with E-state index in [0.717, 1.165) is 5.56 Å². The molecule has 1 aromatic rings. The Morgan fingerprint density at radius 3 is 2.82 bits per heavy atom. The molecule has 0 aromatic heterocycles. The number of ether oxygens (including phenoxy) is 1. The van der Waals surface area contributed by atoms with Gasteiger partial charge in [0.25, 0.3) is 0 Å². The third-order valence-electron chi connectivity index (χ3n) is 1.83. The average molecular weight is 151 g/mol. The summed E-state index contributed by atoms with van der Waals surface area (Å²) in [6, 6.07) is 6.98. The maximum Gasteiger partial charge on any atom is 0.217 e. The first kappa shape index (κ1) is 6.64. The van der Waals surface area contributed by atoms with Gasteiger partial charge in [0.05, 0.1) is 6.04 Å². The molecule has 1 aliphatic heterocycles. The van der Waals surface area contributed by atoms with Gasteiger partial charge in [-0.15, -0.1) is 0 Å². The molecule has 0 saturated heterocycles. The lowest BCUT2D eigenvalue weighted by Gasteiger charge is -2.05. The van der Waals surface area contributed by atoms with Gasteiger partial charge in [0.1, 0.15) is 5.75 Å². The molecule has 3 nitrogen and oxygen atoms in total. The van der Waals surface area contributed by atoms with Crippen molar-refractivity contribution in [2.24, 2.45) is 5.73 Å². The highest BCUT2D eigenvalue weighted by Gasteiger charge is 2.28. The third kappa shape index (κ3) is 0.895. The van der Waals surface area contributed by atoms with Crippen LogP contribution in [0.2, 0.25) is 0 Å². The van der Waals surface area contributed by atoms with Crippen molar-refractivity contribution >= 4 is 0 Å². The summed E-state index contributed by atoms with van der Waals surface area (Å²) < 4.78 is 5.05. The molecule has 1 aromatic carbocycles. The fraction of sp³-hybridized carbons (Fsp3) is 0.250. The van der Waals surface area contributed by atoms with Crippen molar-refractivity contribution < 1.29 is 9.84 Å². The first-order valence-corrected chi connectivity index (χ1v) is 3.48. The molecule has 0 spiro atoms. The molecule has 0 radical (unpaired) electrons. The molecule has 2 unspecified atom stereocenters. The number of hydrogen-bond acceptors (Lipinski definition) is 3. The van der Waals surface area contributed by atoms with Crippen LogP contribution in [0.25, 0.3) is 0 Å². The minimum Gasteiger partial charge on any atom is -0.463 e. The molecule has 58 valence electrons. The summed E-state index contributed by atoms with van der Waals surface area (Å²) in [4.78, 5) is 0. The topological polar surface area (TPSA) is 55.5 Å². The van der Waals surface area contributed by atoms with Crippen LogP contribution in [-0.2, 0) is 0 Å². The molecule has 1 heterocycles. The van der Waals surface area contributed by atoms with Gasteiger partial charge in [-0.1, -0.05) is 18.2 Å². The minimum atomic E-state index is -0.882. The molecular weight excluding hydrogens is 142 g/mol. The van der Waals surface area contributed by atoms with Gasteiger partial charge in [-0.25, -0.2) is 0 Å². The number of rotatable bonds is 0. The van der Waals surface area contributed by atoms with Crippen LogP contribution in [0.1, 0.15) is 11.6 Å². The third-order valence-corrected chi connectivity index (χ3v) is 1.83. The van der Waals surface area contributed by atoms with E-state index < -0.39 is 12.3 Å². The van der Waals surface area contributed by atoms with Crippen molar-refractivity contribution in [2.45, 2.75) is 12.3 Å². The Morgan fingerprint density at radius 2 is 2.09 bits per heavy atom. The predicted molar refractivity (Wildman–Crippen MR) is 40.0 cm³/mol. The summed E-state index contributed by atoms with van der Waals surface area (Å²) in [6.45, 7) is 0. The van der Waals surface area contributed by atoms with E-state index in [9.17, 15) is 5.11 Å². The van der Waals surface area contributed by atoms with Crippen molar-refractivity contribution in [2.75, 3.05) is 0 Å². The Bertz CT molecular complexity index is 275. The van der Waals surface area contributed by atoms with E-state index in [0.29, 0.717) is 5.75 Å². The van der Waals surface area contributed by atoms with Gasteiger partial charge in [0, 0.05) is 5.56 Å². The second kappa shape index (κ2) is 2.22. The lowest BCUT2D eigenvalue weighted by atomic mass is 10.1. The van der Waals surface area contributed by atoms with Crippen LogP contribution in [0.15, 0.2) is 24.3 Å². The summed E-state index contributed by atoms with van der Waals surface area (Å²) in [6.07, 6.45) is -0.882. The van der Waals surface area contributed by atoms with E-state index in [2.05, 4.69) is 0 Å². The predicted octanol–water partition coefficient (Wildman–Crippen LogP) is 0.397. The standard InChI is InChI=1S/C8H9NO2/c9-7-5-3-1-2-4-6(5)11-8(7)10/h1-4,7-8,10H,9H2. The first-order valence-electron chi connectivity index (χ1n) is 3.48. The van der Waals surface area contributed by atoms with Crippen molar-refractivity contribution in [3.63, 3.8) is 0 Å². The highest BCUT2D eigenvalue weighted by molar-refractivity contribution is 5.39. The van der Waals surface area contributed by atoms with Crippen LogP contribution in [0.4, 0.5) is 0 Å². The normalized spacial score (nSPS) is 27.8. The van der Waals surface area contributed by atoms with Gasteiger partial charge in [0.15, 0.2) is 0 Å². The lowest BCUT2D eigenvalue weighted by Crippen LogP contribution is -2.24. The second-order valence-corrected chi connectivity index (χ2v) is 2.57. The Kier molecular flexibility index (Phi) is 1.34. The molecule has 11 heavy (non-hydrogen) atoms. The largest absolute Gasteiger partial charge is 0.463 e. The zero-order chi connectivity index (χ0) is 7.84. The molecule has 0 bridgehead atoms. The SMILES string of the molecule is NC1c2ccccc2OC1O. The Labute approximate surface area is 64.4 Å². The number of nitrogens with two attached hydrogens (primary N) is 1. The molecular formula is C8H9NO2. The number of aliphatic hydroxyl groups excluding tert-OH is 1. The molecule has 3 N–H and O–H groups in total. The molecule has 2 rings (SSSR count). The van der Waals surface area contributed by atoms with Crippen LogP contribution in [0, 0.1) is 0 Å². The highest BCUT2D eigenvalue weighted by Crippen LogP contribution is 2.33. The lowest BCUT2D eigenvalue weighted by molar-refractivity contribution is -0.0168. The monoisotopic (exact) mass is 151 g/mol. The zero-order valence-corrected chi connectivity index (χ0v) is 5.90. The number of benzene rings is 1. The molecule has 0 saturated carbocycles. The summed E-state index contributed by atoms with van der Waals surface area (Å²) in [5, 5.41) is 9.17. The quantitative estimate of drug-likeness (QED) is 0.564. The number of hydrogen-bond donors (Lipinski definition) is 2. The van der Waals surface area contributed by atoms with Gasteiger partial charge >= 0.3 is 0 Å². The summed E-state index contributed by atoms with van der Waals surface area (Å²) in [5.74, 6) is 0.688. The van der Waals surface area contributed by atoms with Gasteiger partial charge < -0.3 is 15.6 Å². The summed E-state index contributed by atoms with van der Waals surface area (Å²) in [7, 11) is 0. The van der Waals surface area contributed by atoms with Crippen LogP contribution in [0.5, 0.6) is 5.75 Å². The summed E-state index contributed by atoms with van der Waals surface area (Å²) in [5.41, 5.74) is 6.49. The van der Waals surface area contributed by atoms with Crippen LogP contribution in [-0.4, -0.2) is 11.4 Å². The first-order chi connectivity index (χ1) is 5.29. The van der Waals surface area contributed by atoms with E-state index >= 15 is 0 Å². The molecule has 1 aliphatic rings. The molecule has 0 fully saturated rings. The van der Waals surface area contributed by atoms with E-state index in [1.807, 2.05) is 18.2 Å². The fourth-order valence-electron chi connectivity index (χ4n) is 1.22. The fourth-order valence-corrected chi connectivity index (χ4v) is 1.22. The second-order valence-electron chi connectivity index (χ2n) is 2.57.